The van der Waals surface area contributed by atoms with Crippen LogP contribution in [0.25, 0.3) is 11.1 Å². The molecule has 0 atom stereocenters. The van der Waals surface area contributed by atoms with Crippen molar-refractivity contribution in [2.45, 2.75) is 19.9 Å². The molecular formula is C19H21F2N5O. The zero-order chi connectivity index (χ0) is 19.8. The first kappa shape index (κ1) is 20.3. The number of aryl methyl sites for hydroxylation is 1. The third-order valence-corrected chi connectivity index (χ3v) is 3.98. The van der Waals surface area contributed by atoms with Crippen molar-refractivity contribution in [3.05, 3.63) is 47.5 Å². The van der Waals surface area contributed by atoms with E-state index in [4.69, 9.17) is 4.74 Å². The maximum atomic E-state index is 12.5. The van der Waals surface area contributed by atoms with Crippen molar-refractivity contribution in [1.82, 2.24) is 15.4 Å². The highest BCUT2D eigenvalue weighted by atomic mass is 19.1. The van der Waals surface area contributed by atoms with E-state index in [0.29, 0.717) is 28.4 Å². The highest BCUT2D eigenvalue weighted by Gasteiger charge is 2.13. The average molecular weight is 373 g/mol. The molecule has 0 aliphatic heterocycles. The molecule has 0 aliphatic rings. The Balaban J connectivity index is 2.29. The summed E-state index contributed by atoms with van der Waals surface area (Å²) in [5, 5.41) is 9.66. The summed E-state index contributed by atoms with van der Waals surface area (Å²) in [6, 6.07) is 6.78. The number of methoxy groups -OCH3 is 1. The van der Waals surface area contributed by atoms with Crippen LogP contribution < -0.4 is 15.6 Å². The van der Waals surface area contributed by atoms with Gasteiger partial charge in [0.15, 0.2) is 5.82 Å². The van der Waals surface area contributed by atoms with Gasteiger partial charge in [0.1, 0.15) is 25.2 Å². The summed E-state index contributed by atoms with van der Waals surface area (Å²) in [5.74, 6) is 1.03. The highest BCUT2D eigenvalue weighted by Crippen LogP contribution is 2.29. The first-order valence-corrected chi connectivity index (χ1v) is 8.25. The number of nitriles is 1. The van der Waals surface area contributed by atoms with Gasteiger partial charge >= 0.3 is 0 Å². The van der Waals surface area contributed by atoms with Crippen molar-refractivity contribution in [3.63, 3.8) is 0 Å². The molecule has 27 heavy (non-hydrogen) atoms. The Morgan fingerprint density at radius 1 is 1.26 bits per heavy atom. The Morgan fingerprint density at radius 3 is 2.48 bits per heavy atom. The Bertz CT molecular complexity index is 842. The summed E-state index contributed by atoms with van der Waals surface area (Å²) >= 11 is 0. The van der Waals surface area contributed by atoms with Crippen LogP contribution in [0.4, 0.5) is 14.5 Å². The van der Waals surface area contributed by atoms with Crippen molar-refractivity contribution in [2.75, 3.05) is 25.9 Å². The molecule has 0 spiro atoms. The molecule has 1 heterocycles. The summed E-state index contributed by atoms with van der Waals surface area (Å²) in [7, 11) is 1.57. The highest BCUT2D eigenvalue weighted by molar-refractivity contribution is 5.96. The van der Waals surface area contributed by atoms with Crippen LogP contribution in [0.2, 0.25) is 0 Å². The monoisotopic (exact) mass is 373 g/mol. The molecule has 0 amide bonds. The molecule has 0 bridgehead atoms. The van der Waals surface area contributed by atoms with E-state index < -0.39 is 19.4 Å². The van der Waals surface area contributed by atoms with Gasteiger partial charge in [-0.2, -0.15) is 5.26 Å². The minimum atomic E-state index is -0.937. The molecule has 6 nitrogen and oxygen atoms in total. The quantitative estimate of drug-likeness (QED) is 0.545. The van der Waals surface area contributed by atoms with E-state index in [-0.39, 0.29) is 0 Å². The van der Waals surface area contributed by atoms with Crippen LogP contribution >= 0.6 is 0 Å². The van der Waals surface area contributed by atoms with Gasteiger partial charge in [0.25, 0.3) is 0 Å². The van der Waals surface area contributed by atoms with Crippen molar-refractivity contribution in [3.8, 4) is 11.8 Å². The normalized spacial score (nSPS) is 11.7. The molecule has 0 aliphatic carbocycles. The number of ether oxygens (including phenoxy) is 1. The number of nitrogens with zero attached hydrogens (tertiary/aromatic N) is 3. The van der Waals surface area contributed by atoms with Crippen LogP contribution in [0.1, 0.15) is 23.9 Å². The number of hydrazine groups is 1. The Kier molecular flexibility index (Phi) is 7.20. The first-order chi connectivity index (χ1) is 13.0. The number of aromatic nitrogens is 2. The van der Waals surface area contributed by atoms with Gasteiger partial charge in [-0.15, -0.1) is 0 Å². The van der Waals surface area contributed by atoms with E-state index in [0.717, 1.165) is 11.1 Å². The smallest absolute Gasteiger partial charge is 0.156 e. The SMILES string of the molecule is COc1ccc(C)c(/C(C#N)=C(\C)c2ncc(NNC(CF)CF)cn2)c1. The molecule has 2 aromatic rings. The molecule has 142 valence electrons. The van der Waals surface area contributed by atoms with Gasteiger partial charge in [-0.1, -0.05) is 6.07 Å². The second kappa shape index (κ2) is 9.59. The zero-order valence-corrected chi connectivity index (χ0v) is 15.4. The summed E-state index contributed by atoms with van der Waals surface area (Å²) in [4.78, 5) is 8.47. The summed E-state index contributed by atoms with van der Waals surface area (Å²) < 4.78 is 30.2. The van der Waals surface area contributed by atoms with Crippen LogP contribution in [0.15, 0.2) is 30.6 Å². The van der Waals surface area contributed by atoms with Crippen LogP contribution in [-0.2, 0) is 0 Å². The average Bonchev–Trinajstić information content (AvgIpc) is 2.71. The van der Waals surface area contributed by atoms with E-state index in [1.165, 1.54) is 12.4 Å². The van der Waals surface area contributed by atoms with Crippen LogP contribution in [0, 0.1) is 18.3 Å². The Morgan fingerprint density at radius 2 is 1.93 bits per heavy atom. The lowest BCUT2D eigenvalue weighted by Gasteiger charge is -2.13. The number of benzene rings is 1. The molecular weight excluding hydrogens is 352 g/mol. The fourth-order valence-corrected chi connectivity index (χ4v) is 2.35. The second-order valence-corrected chi connectivity index (χ2v) is 5.86. The minimum absolute atomic E-state index is 0.381. The maximum absolute atomic E-state index is 12.5. The molecule has 1 aromatic carbocycles. The number of rotatable bonds is 8. The molecule has 0 unspecified atom stereocenters. The number of alkyl halides is 2. The predicted octanol–water partition coefficient (Wildman–Crippen LogP) is 3.47. The minimum Gasteiger partial charge on any atom is -0.497 e. The summed E-state index contributed by atoms with van der Waals surface area (Å²) in [6.45, 7) is 2.00. The first-order valence-electron chi connectivity index (χ1n) is 8.25. The third-order valence-electron chi connectivity index (χ3n) is 3.98. The lowest BCUT2D eigenvalue weighted by atomic mass is 9.97. The van der Waals surface area contributed by atoms with Crippen molar-refractivity contribution in [1.29, 1.82) is 5.26 Å². The van der Waals surface area contributed by atoms with E-state index in [2.05, 4.69) is 26.9 Å². The molecule has 0 radical (unpaired) electrons. The van der Waals surface area contributed by atoms with Crippen molar-refractivity contribution in [2.24, 2.45) is 0 Å². The molecule has 0 saturated carbocycles. The number of nitrogens with one attached hydrogen (secondary N) is 2. The molecule has 8 heteroatoms. The van der Waals surface area contributed by atoms with Gasteiger partial charge in [0.05, 0.1) is 36.8 Å². The van der Waals surface area contributed by atoms with Crippen LogP contribution in [-0.4, -0.2) is 36.5 Å². The Labute approximate surface area is 156 Å². The predicted molar refractivity (Wildman–Crippen MR) is 100 cm³/mol. The number of allylic oxidation sites excluding steroid dienone is 2. The summed E-state index contributed by atoms with van der Waals surface area (Å²) in [5.41, 5.74) is 8.35. The maximum Gasteiger partial charge on any atom is 0.156 e. The van der Waals surface area contributed by atoms with E-state index >= 15 is 0 Å². The number of hydrogen-bond donors (Lipinski definition) is 2. The van der Waals surface area contributed by atoms with Crippen LogP contribution in [0.3, 0.4) is 0 Å². The van der Waals surface area contributed by atoms with Crippen LogP contribution in [0.5, 0.6) is 5.75 Å². The molecule has 0 saturated heterocycles. The van der Waals surface area contributed by atoms with Gasteiger partial charge in [-0.05, 0) is 37.1 Å². The van der Waals surface area contributed by atoms with Gasteiger partial charge in [0, 0.05) is 5.57 Å². The van der Waals surface area contributed by atoms with E-state index in [9.17, 15) is 14.0 Å². The number of hydrogen-bond acceptors (Lipinski definition) is 6. The fourth-order valence-electron chi connectivity index (χ4n) is 2.35. The molecule has 2 N–H and O–H groups in total. The largest absolute Gasteiger partial charge is 0.497 e. The lowest BCUT2D eigenvalue weighted by Crippen LogP contribution is -2.37. The molecule has 2 rings (SSSR count). The topological polar surface area (TPSA) is 82.9 Å². The number of halogens is 2. The molecule has 1 aromatic heterocycles. The zero-order valence-electron chi connectivity index (χ0n) is 15.4. The van der Waals surface area contributed by atoms with Crippen molar-refractivity contribution >= 4 is 16.8 Å². The third kappa shape index (κ3) is 4.99. The molecule has 0 fully saturated rings. The van der Waals surface area contributed by atoms with Crippen molar-refractivity contribution < 1.29 is 13.5 Å². The standard InChI is InChI=1S/C19H21F2N5O/c1-12-4-5-16(27-3)6-17(12)18(9-22)13(2)19-23-10-15(11-24-19)26-25-14(7-20)8-21/h4-6,10-11,14,25-26H,7-8H2,1-3H3/b18-13+. The number of anilines is 1. The second-order valence-electron chi connectivity index (χ2n) is 5.86. The fraction of sp³-hybridized carbons (Fsp3) is 0.316. The van der Waals surface area contributed by atoms with E-state index in [1.54, 1.807) is 20.1 Å². The Hall–Kier alpha value is -3.05. The van der Waals surface area contributed by atoms with Gasteiger partial charge in [-0.3, -0.25) is 0 Å². The van der Waals surface area contributed by atoms with Gasteiger partial charge < -0.3 is 10.2 Å². The van der Waals surface area contributed by atoms with Gasteiger partial charge in [-0.25, -0.2) is 24.2 Å². The van der Waals surface area contributed by atoms with Gasteiger partial charge in [0.2, 0.25) is 0 Å². The van der Waals surface area contributed by atoms with E-state index in [1.807, 2.05) is 19.1 Å². The summed E-state index contributed by atoms with van der Waals surface area (Å²) in [6.07, 6.45) is 2.94. The lowest BCUT2D eigenvalue weighted by molar-refractivity contribution is 0.320.